The van der Waals surface area contributed by atoms with Crippen LogP contribution in [0.3, 0.4) is 0 Å². The van der Waals surface area contributed by atoms with E-state index in [1.807, 2.05) is 0 Å². The SMILES string of the molecule is C=CCN([C@@]1(C)CCS(=O)(=O)C1)S(=O)(=O)c1ccc(F)cc1. The largest absolute Gasteiger partial charge is 0.243 e. The van der Waals surface area contributed by atoms with Crippen LogP contribution in [0, 0.1) is 5.82 Å². The predicted molar refractivity (Wildman–Crippen MR) is 82.2 cm³/mol. The highest BCUT2D eigenvalue weighted by molar-refractivity contribution is 7.92. The van der Waals surface area contributed by atoms with Gasteiger partial charge >= 0.3 is 0 Å². The van der Waals surface area contributed by atoms with Gasteiger partial charge in [-0.05, 0) is 37.6 Å². The maximum atomic E-state index is 13.0. The molecular weight excluding hydrogens is 329 g/mol. The summed E-state index contributed by atoms with van der Waals surface area (Å²) in [5.41, 5.74) is -1.03. The van der Waals surface area contributed by atoms with Crippen molar-refractivity contribution in [3.63, 3.8) is 0 Å². The molecule has 5 nitrogen and oxygen atoms in total. The third-order valence-electron chi connectivity index (χ3n) is 3.78. The molecule has 8 heteroatoms. The van der Waals surface area contributed by atoms with Gasteiger partial charge in [-0.25, -0.2) is 21.2 Å². The Hall–Kier alpha value is -1.25. The molecule has 1 heterocycles. The molecule has 0 bridgehead atoms. The lowest BCUT2D eigenvalue weighted by atomic mass is 10.0. The summed E-state index contributed by atoms with van der Waals surface area (Å²) in [6, 6.07) is 4.47. The van der Waals surface area contributed by atoms with E-state index in [2.05, 4.69) is 6.58 Å². The average molecular weight is 347 g/mol. The molecule has 0 N–H and O–H groups in total. The summed E-state index contributed by atoms with van der Waals surface area (Å²) in [6.07, 6.45) is 1.64. The van der Waals surface area contributed by atoms with Crippen molar-refractivity contribution in [3.8, 4) is 0 Å². The third kappa shape index (κ3) is 3.23. The van der Waals surface area contributed by atoms with E-state index in [0.717, 1.165) is 16.4 Å². The second kappa shape index (κ2) is 5.75. The van der Waals surface area contributed by atoms with E-state index in [9.17, 15) is 21.2 Å². The monoisotopic (exact) mass is 347 g/mol. The van der Waals surface area contributed by atoms with Gasteiger partial charge < -0.3 is 0 Å². The van der Waals surface area contributed by atoms with Gasteiger partial charge in [0.2, 0.25) is 10.0 Å². The third-order valence-corrected chi connectivity index (χ3v) is 7.71. The van der Waals surface area contributed by atoms with Gasteiger partial charge in [-0.2, -0.15) is 4.31 Å². The van der Waals surface area contributed by atoms with Crippen molar-refractivity contribution in [2.75, 3.05) is 18.1 Å². The molecule has 1 aliphatic heterocycles. The maximum absolute atomic E-state index is 13.0. The second-order valence-corrected chi connectivity index (χ2v) is 9.66. The van der Waals surface area contributed by atoms with E-state index < -0.39 is 31.2 Å². The molecule has 1 aliphatic rings. The number of benzene rings is 1. The molecule has 1 aromatic rings. The van der Waals surface area contributed by atoms with Crippen molar-refractivity contribution < 1.29 is 21.2 Å². The van der Waals surface area contributed by atoms with Crippen LogP contribution in [0.1, 0.15) is 13.3 Å². The highest BCUT2D eigenvalue weighted by atomic mass is 32.2. The summed E-state index contributed by atoms with van der Waals surface area (Å²) in [5.74, 6) is -0.812. The number of halogens is 1. The summed E-state index contributed by atoms with van der Waals surface area (Å²) >= 11 is 0. The van der Waals surface area contributed by atoms with Crippen LogP contribution in [-0.2, 0) is 19.9 Å². The molecule has 1 fully saturated rings. The number of hydrogen-bond acceptors (Lipinski definition) is 4. The lowest BCUT2D eigenvalue weighted by molar-refractivity contribution is 0.252. The molecule has 122 valence electrons. The first-order valence-corrected chi connectivity index (χ1v) is 9.97. The first-order valence-electron chi connectivity index (χ1n) is 6.70. The number of rotatable bonds is 5. The van der Waals surface area contributed by atoms with Gasteiger partial charge in [0.25, 0.3) is 0 Å². The number of sulfonamides is 1. The quantitative estimate of drug-likeness (QED) is 0.758. The normalized spacial score (nSPS) is 24.5. The van der Waals surface area contributed by atoms with Crippen LogP contribution in [-0.4, -0.2) is 44.7 Å². The predicted octanol–water partition coefficient (Wildman–Crippen LogP) is 1.58. The fourth-order valence-electron chi connectivity index (χ4n) is 2.65. The van der Waals surface area contributed by atoms with Gasteiger partial charge in [-0.3, -0.25) is 0 Å². The second-order valence-electron chi connectivity index (χ2n) is 5.62. The zero-order valence-electron chi connectivity index (χ0n) is 12.2. The molecule has 0 aromatic heterocycles. The van der Waals surface area contributed by atoms with E-state index in [-0.39, 0.29) is 29.4 Å². The first-order chi connectivity index (χ1) is 10.1. The molecule has 2 rings (SSSR count). The first kappa shape index (κ1) is 17.1. The highest BCUT2D eigenvalue weighted by Crippen LogP contribution is 2.34. The Bertz CT molecular complexity index is 772. The maximum Gasteiger partial charge on any atom is 0.243 e. The van der Waals surface area contributed by atoms with Gasteiger partial charge in [0, 0.05) is 12.1 Å². The molecule has 1 atom stereocenters. The van der Waals surface area contributed by atoms with E-state index in [4.69, 9.17) is 0 Å². The lowest BCUT2D eigenvalue weighted by Gasteiger charge is -2.35. The molecule has 0 radical (unpaired) electrons. The van der Waals surface area contributed by atoms with E-state index >= 15 is 0 Å². The Kier molecular flexibility index (Phi) is 4.47. The number of hydrogen-bond donors (Lipinski definition) is 0. The molecule has 1 saturated heterocycles. The Morgan fingerprint density at radius 1 is 1.36 bits per heavy atom. The number of nitrogens with zero attached hydrogens (tertiary/aromatic N) is 1. The van der Waals surface area contributed by atoms with Crippen LogP contribution < -0.4 is 0 Å². The van der Waals surface area contributed by atoms with Crippen LogP contribution in [0.15, 0.2) is 41.8 Å². The van der Waals surface area contributed by atoms with Gasteiger partial charge in [0.15, 0.2) is 9.84 Å². The van der Waals surface area contributed by atoms with E-state index in [1.165, 1.54) is 18.2 Å². The van der Waals surface area contributed by atoms with Crippen LogP contribution in [0.5, 0.6) is 0 Å². The summed E-state index contributed by atoms with van der Waals surface area (Å²) in [4.78, 5) is -0.0683. The van der Waals surface area contributed by atoms with E-state index in [1.54, 1.807) is 6.92 Å². The zero-order valence-corrected chi connectivity index (χ0v) is 13.8. The van der Waals surface area contributed by atoms with Crippen molar-refractivity contribution in [3.05, 3.63) is 42.7 Å². The van der Waals surface area contributed by atoms with Gasteiger partial charge in [0.1, 0.15) is 5.82 Å². The Labute approximate surface area is 130 Å². The van der Waals surface area contributed by atoms with Gasteiger partial charge in [-0.1, -0.05) is 6.08 Å². The molecule has 0 spiro atoms. The average Bonchev–Trinajstić information content (AvgIpc) is 2.71. The Morgan fingerprint density at radius 2 is 1.95 bits per heavy atom. The minimum Gasteiger partial charge on any atom is -0.229 e. The molecular formula is C14H18FNO4S2. The summed E-state index contributed by atoms with van der Waals surface area (Å²) in [5, 5.41) is 0. The van der Waals surface area contributed by atoms with Gasteiger partial charge in [0.05, 0.1) is 16.4 Å². The minimum atomic E-state index is -3.94. The molecule has 0 saturated carbocycles. The Balaban J connectivity index is 2.47. The summed E-state index contributed by atoms with van der Waals surface area (Å²) < 4.78 is 63.3. The smallest absolute Gasteiger partial charge is 0.229 e. The fourth-order valence-corrected chi connectivity index (χ4v) is 6.65. The summed E-state index contributed by atoms with van der Waals surface area (Å²) in [6.45, 7) is 5.15. The molecule has 0 unspecified atom stereocenters. The molecule has 0 amide bonds. The zero-order chi connectivity index (χ0) is 16.6. The lowest BCUT2D eigenvalue weighted by Crippen LogP contribution is -2.50. The summed E-state index contributed by atoms with van der Waals surface area (Å²) in [7, 11) is -7.21. The topological polar surface area (TPSA) is 71.5 Å². The fraction of sp³-hybridized carbons (Fsp3) is 0.429. The van der Waals surface area contributed by atoms with Crippen LogP contribution in [0.25, 0.3) is 0 Å². The van der Waals surface area contributed by atoms with Crippen molar-refractivity contribution in [1.82, 2.24) is 4.31 Å². The van der Waals surface area contributed by atoms with E-state index in [0.29, 0.717) is 0 Å². The van der Waals surface area contributed by atoms with Crippen LogP contribution in [0.2, 0.25) is 0 Å². The van der Waals surface area contributed by atoms with Crippen LogP contribution in [0.4, 0.5) is 4.39 Å². The van der Waals surface area contributed by atoms with Crippen molar-refractivity contribution in [2.24, 2.45) is 0 Å². The molecule has 1 aromatic carbocycles. The minimum absolute atomic E-state index is 0.00820. The van der Waals surface area contributed by atoms with Gasteiger partial charge in [-0.15, -0.1) is 6.58 Å². The molecule has 0 aliphatic carbocycles. The van der Waals surface area contributed by atoms with Crippen LogP contribution >= 0.6 is 0 Å². The van der Waals surface area contributed by atoms with Crippen molar-refractivity contribution >= 4 is 19.9 Å². The van der Waals surface area contributed by atoms with Crippen molar-refractivity contribution in [2.45, 2.75) is 23.8 Å². The Morgan fingerprint density at radius 3 is 2.41 bits per heavy atom. The molecule has 22 heavy (non-hydrogen) atoms. The standard InChI is InChI=1S/C14H18FNO4S2/c1-3-9-16(14(2)8-10-21(17,18)11-14)22(19,20)13-6-4-12(15)5-7-13/h3-7H,1,8-11H2,2H3/t14-/m0/s1. The highest BCUT2D eigenvalue weighted by Gasteiger charge is 2.47. The van der Waals surface area contributed by atoms with Crippen molar-refractivity contribution in [1.29, 1.82) is 0 Å². The number of sulfone groups is 1.